The van der Waals surface area contributed by atoms with E-state index in [0.29, 0.717) is 11.6 Å². The molecule has 0 atom stereocenters. The van der Waals surface area contributed by atoms with Crippen LogP contribution in [0, 0.1) is 0 Å². The molecule has 0 amide bonds. The molecule has 0 aliphatic rings. The van der Waals surface area contributed by atoms with Gasteiger partial charge in [0.2, 0.25) is 0 Å². The Labute approximate surface area is 111 Å². The van der Waals surface area contributed by atoms with Gasteiger partial charge < -0.3 is 10.3 Å². The summed E-state index contributed by atoms with van der Waals surface area (Å²) in [5, 5.41) is 3.85. The molecule has 2 aromatic heterocycles. The molecular weight excluding hydrogens is 246 g/mol. The van der Waals surface area contributed by atoms with E-state index in [-0.39, 0.29) is 5.43 Å². The maximum atomic E-state index is 11.3. The normalized spacial score (nSPS) is 10.5. The predicted octanol–water partition coefficient (Wildman–Crippen LogP) is 1.39. The highest BCUT2D eigenvalue weighted by molar-refractivity contribution is 7.80. The van der Waals surface area contributed by atoms with Crippen molar-refractivity contribution in [1.29, 1.82) is 0 Å². The van der Waals surface area contributed by atoms with Crippen LogP contribution in [0.5, 0.6) is 0 Å². The van der Waals surface area contributed by atoms with Crippen LogP contribution in [-0.4, -0.2) is 16.5 Å². The number of aromatic nitrogens is 2. The number of rotatable bonds is 5. The lowest BCUT2D eigenvalue weighted by Gasteiger charge is -2.05. The zero-order valence-electron chi connectivity index (χ0n) is 9.89. The molecule has 0 saturated carbocycles. The van der Waals surface area contributed by atoms with Crippen LogP contribution in [0.2, 0.25) is 0 Å². The second kappa shape index (κ2) is 6.37. The van der Waals surface area contributed by atoms with E-state index in [2.05, 4.69) is 27.9 Å². The first kappa shape index (κ1) is 12.9. The summed E-state index contributed by atoms with van der Waals surface area (Å²) in [7, 11) is 0. The highest BCUT2D eigenvalue weighted by atomic mass is 32.1. The van der Waals surface area contributed by atoms with Crippen molar-refractivity contribution in [3.05, 3.63) is 58.1 Å². The highest BCUT2D eigenvalue weighted by Crippen LogP contribution is 1.99. The van der Waals surface area contributed by atoms with Gasteiger partial charge in [-0.15, -0.1) is 12.6 Å². The van der Waals surface area contributed by atoms with Crippen molar-refractivity contribution in [2.75, 3.05) is 6.54 Å². The van der Waals surface area contributed by atoms with Crippen LogP contribution in [-0.2, 0) is 13.0 Å². The van der Waals surface area contributed by atoms with Gasteiger partial charge in [-0.2, -0.15) is 0 Å². The minimum Gasteiger partial charge on any atom is -0.353 e. The summed E-state index contributed by atoms with van der Waals surface area (Å²) in [5.74, 6) is 0. The van der Waals surface area contributed by atoms with Crippen LogP contribution < -0.4 is 10.7 Å². The van der Waals surface area contributed by atoms with Crippen LogP contribution >= 0.6 is 12.6 Å². The maximum Gasteiger partial charge on any atom is 0.183 e. The average Bonchev–Trinajstić information content (AvgIpc) is 2.35. The first-order valence-corrected chi connectivity index (χ1v) is 6.21. The molecule has 0 unspecified atom stereocenters. The van der Waals surface area contributed by atoms with Crippen LogP contribution in [0.3, 0.4) is 0 Å². The Morgan fingerprint density at radius 3 is 2.94 bits per heavy atom. The van der Waals surface area contributed by atoms with E-state index in [9.17, 15) is 4.79 Å². The van der Waals surface area contributed by atoms with Gasteiger partial charge in [-0.3, -0.25) is 9.78 Å². The Balaban J connectivity index is 1.80. The van der Waals surface area contributed by atoms with Gasteiger partial charge in [-0.1, -0.05) is 6.07 Å². The molecule has 2 heterocycles. The minimum atomic E-state index is -0.0275. The van der Waals surface area contributed by atoms with Crippen molar-refractivity contribution < 1.29 is 0 Å². The van der Waals surface area contributed by atoms with E-state index in [1.165, 1.54) is 6.07 Å². The molecule has 94 valence electrons. The van der Waals surface area contributed by atoms with Crippen molar-refractivity contribution in [3.63, 3.8) is 0 Å². The molecule has 0 spiro atoms. The molecule has 0 fully saturated rings. The summed E-state index contributed by atoms with van der Waals surface area (Å²) >= 11 is 4.13. The fraction of sp³-hybridized carbons (Fsp3) is 0.231. The molecule has 0 saturated heterocycles. The van der Waals surface area contributed by atoms with Crippen molar-refractivity contribution in [1.82, 2.24) is 15.3 Å². The van der Waals surface area contributed by atoms with Crippen LogP contribution in [0.25, 0.3) is 0 Å². The quantitative estimate of drug-likeness (QED) is 0.563. The third-order valence-corrected chi connectivity index (χ3v) is 2.72. The standard InChI is InChI=1S/C13H15N3OS/c17-12-7-11(16-13(18)8-12)9-14-6-4-10-3-1-2-5-15-10/h1-3,5,7-8,14H,4,6,9H2,(H2,16,17,18). The molecule has 0 aromatic carbocycles. The molecule has 2 rings (SSSR count). The second-order valence-electron chi connectivity index (χ2n) is 3.97. The lowest BCUT2D eigenvalue weighted by atomic mass is 10.2. The number of nitrogens with zero attached hydrogens (tertiary/aromatic N) is 1. The third kappa shape index (κ3) is 4.01. The van der Waals surface area contributed by atoms with Gasteiger partial charge in [0.15, 0.2) is 5.43 Å². The number of hydrogen-bond acceptors (Lipinski definition) is 4. The Kier molecular flexibility index (Phi) is 4.55. The average molecular weight is 261 g/mol. The van der Waals surface area contributed by atoms with E-state index in [4.69, 9.17) is 0 Å². The summed E-state index contributed by atoms with van der Waals surface area (Å²) in [6.45, 7) is 1.44. The van der Waals surface area contributed by atoms with Gasteiger partial charge in [-0.25, -0.2) is 0 Å². The lowest BCUT2D eigenvalue weighted by molar-refractivity contribution is 0.664. The Morgan fingerprint density at radius 1 is 1.33 bits per heavy atom. The zero-order chi connectivity index (χ0) is 12.8. The van der Waals surface area contributed by atoms with Gasteiger partial charge in [0.25, 0.3) is 0 Å². The molecular formula is C13H15N3OS. The zero-order valence-corrected chi connectivity index (χ0v) is 10.8. The Bertz CT molecular complexity index is 554. The summed E-state index contributed by atoms with van der Waals surface area (Å²) in [6, 6.07) is 8.91. The molecule has 5 heteroatoms. The van der Waals surface area contributed by atoms with E-state index in [1.54, 1.807) is 12.3 Å². The maximum absolute atomic E-state index is 11.3. The van der Waals surface area contributed by atoms with Crippen LogP contribution in [0.1, 0.15) is 11.4 Å². The summed E-state index contributed by atoms with van der Waals surface area (Å²) in [6.07, 6.45) is 2.66. The van der Waals surface area contributed by atoms with Gasteiger partial charge in [-0.05, 0) is 12.1 Å². The molecule has 2 aromatic rings. The number of aromatic amines is 1. The van der Waals surface area contributed by atoms with E-state index < -0.39 is 0 Å². The molecule has 4 nitrogen and oxygen atoms in total. The van der Waals surface area contributed by atoms with Crippen LogP contribution in [0.15, 0.2) is 46.3 Å². The van der Waals surface area contributed by atoms with Crippen molar-refractivity contribution in [2.24, 2.45) is 0 Å². The molecule has 0 bridgehead atoms. The van der Waals surface area contributed by atoms with E-state index >= 15 is 0 Å². The van der Waals surface area contributed by atoms with E-state index in [1.807, 2.05) is 18.2 Å². The third-order valence-electron chi connectivity index (χ3n) is 2.48. The number of thiol groups is 1. The fourth-order valence-electron chi connectivity index (χ4n) is 1.67. The molecule has 0 aliphatic carbocycles. The predicted molar refractivity (Wildman–Crippen MR) is 74.0 cm³/mol. The molecule has 2 N–H and O–H groups in total. The van der Waals surface area contributed by atoms with Crippen molar-refractivity contribution in [2.45, 2.75) is 18.0 Å². The summed E-state index contributed by atoms with van der Waals surface area (Å²) < 4.78 is 0. The smallest absolute Gasteiger partial charge is 0.183 e. The van der Waals surface area contributed by atoms with Gasteiger partial charge in [0, 0.05) is 49.2 Å². The Morgan fingerprint density at radius 2 is 2.22 bits per heavy atom. The van der Waals surface area contributed by atoms with E-state index in [0.717, 1.165) is 24.4 Å². The molecule has 0 radical (unpaired) electrons. The SMILES string of the molecule is O=c1cc(S)[nH]c(CNCCc2ccccn2)c1. The molecule has 0 aliphatic heterocycles. The minimum absolute atomic E-state index is 0.0275. The number of pyridine rings is 2. The van der Waals surface area contributed by atoms with Crippen molar-refractivity contribution >= 4 is 12.6 Å². The monoisotopic (exact) mass is 261 g/mol. The number of H-pyrrole nitrogens is 1. The van der Waals surface area contributed by atoms with Crippen molar-refractivity contribution in [3.8, 4) is 0 Å². The molecule has 18 heavy (non-hydrogen) atoms. The number of hydrogen-bond donors (Lipinski definition) is 3. The lowest BCUT2D eigenvalue weighted by Crippen LogP contribution is -2.19. The fourth-order valence-corrected chi connectivity index (χ4v) is 1.94. The van der Waals surface area contributed by atoms with Crippen LogP contribution in [0.4, 0.5) is 0 Å². The first-order chi connectivity index (χ1) is 8.74. The summed E-state index contributed by atoms with van der Waals surface area (Å²) in [5.41, 5.74) is 1.87. The summed E-state index contributed by atoms with van der Waals surface area (Å²) in [4.78, 5) is 18.5. The highest BCUT2D eigenvalue weighted by Gasteiger charge is 1.97. The van der Waals surface area contributed by atoms with Gasteiger partial charge >= 0.3 is 0 Å². The first-order valence-electron chi connectivity index (χ1n) is 5.77. The largest absolute Gasteiger partial charge is 0.353 e. The topological polar surface area (TPSA) is 57.8 Å². The number of nitrogens with one attached hydrogen (secondary N) is 2. The van der Waals surface area contributed by atoms with Gasteiger partial charge in [0.1, 0.15) is 0 Å². The second-order valence-corrected chi connectivity index (χ2v) is 4.46. The van der Waals surface area contributed by atoms with Gasteiger partial charge in [0.05, 0.1) is 5.03 Å². The Hall–Kier alpha value is -1.59.